The van der Waals surface area contributed by atoms with Gasteiger partial charge >= 0.3 is 0 Å². The Morgan fingerprint density at radius 1 is 0.281 bits per heavy atom. The Bertz CT molecular complexity index is 5040. The molecule has 0 saturated carbocycles. The summed E-state index contributed by atoms with van der Waals surface area (Å²) in [7, 11) is 0. The van der Waals surface area contributed by atoms with Crippen molar-refractivity contribution in [1.29, 1.82) is 0 Å². The van der Waals surface area contributed by atoms with Crippen LogP contribution in [0.5, 0.6) is 0 Å². The molecule has 0 aliphatic heterocycles. The van der Waals surface area contributed by atoms with Gasteiger partial charge in [0, 0.05) is 60.5 Å². The molecule has 0 bridgehead atoms. The van der Waals surface area contributed by atoms with Crippen LogP contribution in [-0.2, 0) is 27.1 Å². The number of furan rings is 2. The molecule has 89 heavy (non-hydrogen) atoms. The Labute approximate surface area is 522 Å². The van der Waals surface area contributed by atoms with Gasteiger partial charge in [0.2, 0.25) is 0 Å². The van der Waals surface area contributed by atoms with E-state index in [0.717, 1.165) is 99.5 Å². The summed E-state index contributed by atoms with van der Waals surface area (Å²) >= 11 is 0. The highest BCUT2D eigenvalue weighted by atomic mass is 16.3. The van der Waals surface area contributed by atoms with Crippen LogP contribution in [-0.4, -0.2) is 0 Å². The quantitative estimate of drug-likeness (QED) is 0.166. The summed E-state index contributed by atoms with van der Waals surface area (Å²) in [5, 5.41) is 8.76. The number of benzene rings is 12. The van der Waals surface area contributed by atoms with Gasteiger partial charge in [-0.3, -0.25) is 0 Å². The molecular weight excluding hydrogens is 1080 g/mol. The molecule has 436 valence electrons. The zero-order valence-electron chi connectivity index (χ0n) is 53.2. The van der Waals surface area contributed by atoms with Gasteiger partial charge in [-0.05, 0) is 185 Å². The lowest BCUT2D eigenvalue weighted by Gasteiger charge is -2.34. The molecular formula is C85H74N2O2. The van der Waals surface area contributed by atoms with Gasteiger partial charge in [-0.1, -0.05) is 223 Å². The highest BCUT2D eigenvalue weighted by Gasteiger charge is 2.54. The van der Waals surface area contributed by atoms with Gasteiger partial charge in [0.1, 0.15) is 22.3 Å². The van der Waals surface area contributed by atoms with Crippen LogP contribution in [0.1, 0.15) is 128 Å². The first kappa shape index (κ1) is 54.7. The van der Waals surface area contributed by atoms with Crippen molar-refractivity contribution >= 4 is 99.5 Å². The highest BCUT2D eigenvalue weighted by molar-refractivity contribution is 6.28. The van der Waals surface area contributed by atoms with Crippen LogP contribution in [0.15, 0.2) is 239 Å². The van der Waals surface area contributed by atoms with E-state index in [-0.39, 0.29) is 21.7 Å². The van der Waals surface area contributed by atoms with Crippen molar-refractivity contribution in [2.45, 2.75) is 110 Å². The third-order valence-corrected chi connectivity index (χ3v) is 19.7. The number of rotatable bonds is 6. The first-order valence-corrected chi connectivity index (χ1v) is 31.7. The van der Waals surface area contributed by atoms with Crippen molar-refractivity contribution in [3.63, 3.8) is 0 Å². The summed E-state index contributed by atoms with van der Waals surface area (Å²) in [6.07, 6.45) is 0. The normalized spacial score (nSPS) is 13.7. The van der Waals surface area contributed by atoms with Gasteiger partial charge in [-0.2, -0.15) is 0 Å². The third-order valence-electron chi connectivity index (χ3n) is 19.7. The van der Waals surface area contributed by atoms with Gasteiger partial charge in [0.15, 0.2) is 0 Å². The van der Waals surface area contributed by atoms with Crippen LogP contribution in [0.2, 0.25) is 0 Å². The highest BCUT2D eigenvalue weighted by Crippen LogP contribution is 2.68. The minimum atomic E-state index is -0.837. The molecule has 4 heteroatoms. The van der Waals surface area contributed by atoms with E-state index in [1.54, 1.807) is 0 Å². The van der Waals surface area contributed by atoms with E-state index in [9.17, 15) is 0 Å². The van der Waals surface area contributed by atoms with Crippen LogP contribution >= 0.6 is 0 Å². The summed E-state index contributed by atoms with van der Waals surface area (Å²) in [6, 6.07) is 87.5. The molecule has 2 aliphatic rings. The van der Waals surface area contributed by atoms with Crippen LogP contribution in [0, 0.1) is 0 Å². The van der Waals surface area contributed by atoms with Crippen molar-refractivity contribution in [3.8, 4) is 22.3 Å². The maximum atomic E-state index is 7.47. The van der Waals surface area contributed by atoms with E-state index in [2.05, 4.69) is 323 Å². The fourth-order valence-electron chi connectivity index (χ4n) is 15.0. The van der Waals surface area contributed by atoms with E-state index in [0.29, 0.717) is 0 Å². The zero-order valence-corrected chi connectivity index (χ0v) is 53.2. The Morgan fingerprint density at radius 3 is 1.12 bits per heavy atom. The molecule has 14 aromatic rings. The smallest absolute Gasteiger partial charge is 0.143 e. The average molecular weight is 1160 g/mol. The fraction of sp³-hybridized carbons (Fsp3) is 0.200. The molecule has 0 saturated heterocycles. The topological polar surface area (TPSA) is 32.8 Å². The number of hydrogen-bond donors (Lipinski definition) is 0. The number of fused-ring (bicyclic) bond motifs is 21. The average Bonchev–Trinajstić information content (AvgIpc) is 1.49. The SMILES string of the molecule is CC(C)(C)c1ccc(N(c2ccc(C(C)(C)C)cc2)c2cc3c(c4cc5oc6ccccc6c5cc24)-c2c(cc(N(c4ccc(C(C)(C)C)cc4)c4ccc(C(C)(C)C)cc4)c4ccc5c6ccccc6oc5c24)C32c3ccccc3-c3ccccc32)cc1. The van der Waals surface area contributed by atoms with E-state index in [4.69, 9.17) is 8.83 Å². The number of anilines is 6. The molecule has 1 spiro atoms. The third kappa shape index (κ3) is 8.25. The number of hydrogen-bond acceptors (Lipinski definition) is 4. The Balaban J connectivity index is 1.12. The van der Waals surface area contributed by atoms with E-state index >= 15 is 0 Å². The maximum Gasteiger partial charge on any atom is 0.143 e. The van der Waals surface area contributed by atoms with E-state index in [1.807, 2.05) is 0 Å². The van der Waals surface area contributed by atoms with Gasteiger partial charge < -0.3 is 18.6 Å². The molecule has 2 heterocycles. The van der Waals surface area contributed by atoms with Crippen molar-refractivity contribution in [1.82, 2.24) is 0 Å². The minimum absolute atomic E-state index is 0.0385. The lowest BCUT2D eigenvalue weighted by atomic mass is 9.70. The zero-order chi connectivity index (χ0) is 61.3. The second-order valence-corrected chi connectivity index (χ2v) is 29.3. The lowest BCUT2D eigenvalue weighted by Crippen LogP contribution is -2.27. The molecule has 0 atom stereocenters. The standard InChI is InChI=1S/C85H74N2O2/c1-81(2,3)51-29-37-55(38-30-51)86(56-39-31-52(32-40-56)82(4,5)6)72-50-71-79(78-64(72)46-45-63-61-23-15-20-28-75(61)89-80(63)78)77-67-48-76-66(62-24-16-19-27-74(62)88-76)47-65(67)73(49-70(77)85(71)68-25-17-13-21-59(68)60-22-14-18-26-69(60)85)87(57-41-33-53(34-42-57)83(7,8)9)58-43-35-54(36-44-58)84(10,11)12/h13-50H,1-12H3. The van der Waals surface area contributed by atoms with E-state index < -0.39 is 5.41 Å². The largest absolute Gasteiger partial charge is 0.456 e. The molecule has 0 fully saturated rings. The second kappa shape index (κ2) is 19.2. The molecule has 0 amide bonds. The molecule has 16 rings (SSSR count). The van der Waals surface area contributed by atoms with Gasteiger partial charge in [-0.25, -0.2) is 0 Å². The summed E-state index contributed by atoms with van der Waals surface area (Å²) in [5.41, 5.74) is 23.8. The Morgan fingerprint density at radius 2 is 0.663 bits per heavy atom. The molecule has 4 nitrogen and oxygen atoms in total. The number of para-hydroxylation sites is 2. The second-order valence-electron chi connectivity index (χ2n) is 29.3. The molecule has 2 aromatic heterocycles. The fourth-order valence-corrected chi connectivity index (χ4v) is 15.0. The molecule has 0 N–H and O–H groups in total. The predicted molar refractivity (Wildman–Crippen MR) is 376 cm³/mol. The van der Waals surface area contributed by atoms with Crippen LogP contribution in [0.4, 0.5) is 34.1 Å². The summed E-state index contributed by atoms with van der Waals surface area (Å²) in [5.74, 6) is 0. The lowest BCUT2D eigenvalue weighted by molar-refractivity contribution is 0.590. The Hall–Kier alpha value is -9.64. The molecule has 0 radical (unpaired) electrons. The van der Waals surface area contributed by atoms with E-state index in [1.165, 1.54) is 66.8 Å². The maximum absolute atomic E-state index is 7.47. The van der Waals surface area contributed by atoms with Crippen molar-refractivity contribution in [2.24, 2.45) is 0 Å². The summed E-state index contributed by atoms with van der Waals surface area (Å²) < 4.78 is 14.5. The van der Waals surface area contributed by atoms with Crippen LogP contribution in [0.25, 0.3) is 87.7 Å². The predicted octanol–water partition coefficient (Wildman–Crippen LogP) is 24.3. The van der Waals surface area contributed by atoms with Gasteiger partial charge in [0.25, 0.3) is 0 Å². The molecule has 12 aromatic carbocycles. The minimum Gasteiger partial charge on any atom is -0.456 e. The monoisotopic (exact) mass is 1150 g/mol. The van der Waals surface area contributed by atoms with Crippen molar-refractivity contribution < 1.29 is 8.83 Å². The van der Waals surface area contributed by atoms with Gasteiger partial charge in [-0.15, -0.1) is 0 Å². The Kier molecular flexibility index (Phi) is 11.8. The first-order valence-electron chi connectivity index (χ1n) is 31.7. The van der Waals surface area contributed by atoms with Crippen LogP contribution < -0.4 is 9.80 Å². The summed E-state index contributed by atoms with van der Waals surface area (Å²) in [6.45, 7) is 27.6. The van der Waals surface area contributed by atoms with Crippen molar-refractivity contribution in [2.75, 3.05) is 9.80 Å². The van der Waals surface area contributed by atoms with Gasteiger partial charge in [0.05, 0.1) is 16.8 Å². The molecule has 0 unspecified atom stereocenters. The summed E-state index contributed by atoms with van der Waals surface area (Å²) in [4.78, 5) is 5.05. The number of nitrogens with zero attached hydrogens (tertiary/aromatic N) is 2. The van der Waals surface area contributed by atoms with Crippen LogP contribution in [0.3, 0.4) is 0 Å². The van der Waals surface area contributed by atoms with Crippen molar-refractivity contribution in [3.05, 3.63) is 275 Å². The first-order chi connectivity index (χ1) is 42.7. The molecule has 2 aliphatic carbocycles.